The second-order valence-electron chi connectivity index (χ2n) is 11.3. The first-order valence-corrected chi connectivity index (χ1v) is 13.9. The van der Waals surface area contributed by atoms with Gasteiger partial charge in [-0.15, -0.1) is 0 Å². The lowest BCUT2D eigenvalue weighted by molar-refractivity contribution is -0.344. The van der Waals surface area contributed by atoms with E-state index in [1.165, 1.54) is 21.3 Å². The number of methoxy groups -OCH3 is 3. The van der Waals surface area contributed by atoms with E-state index in [1.807, 2.05) is 30.3 Å². The third-order valence-corrected chi connectivity index (χ3v) is 9.25. The van der Waals surface area contributed by atoms with Crippen LogP contribution >= 0.6 is 0 Å². The third kappa shape index (κ3) is 3.03. The summed E-state index contributed by atoms with van der Waals surface area (Å²) in [6.45, 7) is 0.270. The van der Waals surface area contributed by atoms with Crippen LogP contribution in [-0.2, 0) is 36.7 Å². The molecule has 3 aromatic rings. The number of Topliss-reactive ketones (excluding diaryl/α,β-unsaturated/α-hetero) is 1. The highest BCUT2D eigenvalue weighted by molar-refractivity contribution is 6.12. The summed E-state index contributed by atoms with van der Waals surface area (Å²) in [7, 11) is 4.41. The summed E-state index contributed by atoms with van der Waals surface area (Å²) in [4.78, 5) is 13.1. The second kappa shape index (κ2) is 8.79. The van der Waals surface area contributed by atoms with Gasteiger partial charge in [-0.2, -0.15) is 0 Å². The van der Waals surface area contributed by atoms with Crippen LogP contribution in [-0.4, -0.2) is 73.5 Å². The predicted molar refractivity (Wildman–Crippen MR) is 144 cm³/mol. The van der Waals surface area contributed by atoms with Crippen molar-refractivity contribution in [1.29, 1.82) is 0 Å². The number of benzene rings is 3. The lowest BCUT2D eigenvalue weighted by atomic mass is 9.79. The fourth-order valence-corrected chi connectivity index (χ4v) is 7.34. The third-order valence-electron chi connectivity index (χ3n) is 9.25. The average molecular weight is 579 g/mol. The van der Waals surface area contributed by atoms with E-state index in [2.05, 4.69) is 0 Å². The Morgan fingerprint density at radius 2 is 1.86 bits per heavy atom. The van der Waals surface area contributed by atoms with Crippen molar-refractivity contribution in [1.82, 2.24) is 0 Å². The molecule has 1 spiro atoms. The van der Waals surface area contributed by atoms with Crippen molar-refractivity contribution < 1.29 is 52.9 Å². The zero-order chi connectivity index (χ0) is 29.0. The SMILES string of the molecule is COc1c2c(c(O)c3c4c(c(OCc5ccccc5)cc13)[C@@H]1O[C@@]3(C(OC)OC)O[C@@H]1[C@@](O)(O4)[C@@]31CO1)C(=O)CCC2. The van der Waals surface area contributed by atoms with Crippen molar-refractivity contribution in [3.05, 3.63) is 58.7 Å². The van der Waals surface area contributed by atoms with Gasteiger partial charge in [-0.1, -0.05) is 30.3 Å². The molecule has 1 aliphatic carbocycles. The molecular weight excluding hydrogens is 548 g/mol. The molecule has 42 heavy (non-hydrogen) atoms. The Bertz CT molecular complexity index is 1630. The normalized spacial score (nSPS) is 31.8. The number of phenolic OH excluding ortho intramolecular Hbond substituents is 1. The molecule has 4 aliphatic heterocycles. The van der Waals surface area contributed by atoms with Crippen LogP contribution in [0.1, 0.15) is 46.0 Å². The Balaban J connectivity index is 1.39. The van der Waals surface area contributed by atoms with E-state index >= 15 is 0 Å². The predicted octanol–water partition coefficient (Wildman–Crippen LogP) is 3.29. The first-order chi connectivity index (χ1) is 20.3. The van der Waals surface area contributed by atoms with Gasteiger partial charge in [0.1, 0.15) is 35.7 Å². The molecule has 4 heterocycles. The largest absolute Gasteiger partial charge is 0.506 e. The van der Waals surface area contributed by atoms with Crippen LogP contribution in [0, 0.1) is 0 Å². The highest BCUT2D eigenvalue weighted by Gasteiger charge is 2.92. The molecule has 5 aliphatic rings. The number of epoxide rings is 1. The van der Waals surface area contributed by atoms with Crippen LogP contribution in [0.15, 0.2) is 36.4 Å². The smallest absolute Gasteiger partial charge is 0.274 e. The van der Waals surface area contributed by atoms with E-state index in [4.69, 9.17) is 37.9 Å². The first-order valence-electron chi connectivity index (χ1n) is 13.9. The average Bonchev–Trinajstić information content (AvgIpc) is 3.68. The standard InChI is InChI=1S/C31H30O11/c1-35-24-16-10-7-11-18(32)20(16)23(33)21-17(24)12-19(38-13-15-8-5-4-6-9-15)22-25(21)40-30(34)27-26(22)41-31(42-27,28(36-2)37-3)29(30)14-39-29/h4-6,8-9,12,26-28,33-34H,7,10-11,13-14H2,1-3H3/t26-,27-,29-,30+,31-/m0/s1. The van der Waals surface area contributed by atoms with Gasteiger partial charge in [-0.05, 0) is 24.5 Å². The zero-order valence-corrected chi connectivity index (χ0v) is 23.3. The van der Waals surface area contributed by atoms with Gasteiger partial charge >= 0.3 is 0 Å². The fraction of sp³-hybridized carbons (Fsp3) is 0.452. The first kappa shape index (κ1) is 26.2. The molecule has 11 heteroatoms. The number of aliphatic hydroxyl groups is 1. The van der Waals surface area contributed by atoms with Gasteiger partial charge in [0.05, 0.1) is 30.2 Å². The Kier molecular flexibility index (Phi) is 5.48. The molecule has 5 atom stereocenters. The molecule has 0 radical (unpaired) electrons. The van der Waals surface area contributed by atoms with Crippen molar-refractivity contribution in [3.63, 3.8) is 0 Å². The summed E-state index contributed by atoms with van der Waals surface area (Å²) in [5.41, 5.74) is 0.708. The molecule has 8 rings (SSSR count). The van der Waals surface area contributed by atoms with Crippen molar-refractivity contribution >= 4 is 16.6 Å². The van der Waals surface area contributed by atoms with Crippen LogP contribution in [0.25, 0.3) is 10.8 Å². The van der Waals surface area contributed by atoms with Gasteiger partial charge in [0, 0.05) is 31.6 Å². The van der Waals surface area contributed by atoms with Crippen molar-refractivity contribution in [3.8, 4) is 23.0 Å². The second-order valence-corrected chi connectivity index (χ2v) is 11.3. The van der Waals surface area contributed by atoms with Gasteiger partial charge in [-0.25, -0.2) is 0 Å². The highest BCUT2D eigenvalue weighted by atomic mass is 16.9. The molecular formula is C31H30O11. The number of aromatic hydroxyl groups is 1. The van der Waals surface area contributed by atoms with Gasteiger partial charge in [0.2, 0.25) is 11.9 Å². The van der Waals surface area contributed by atoms with Crippen molar-refractivity contribution in [2.24, 2.45) is 0 Å². The number of hydrogen-bond acceptors (Lipinski definition) is 11. The lowest BCUT2D eigenvalue weighted by Gasteiger charge is -2.47. The summed E-state index contributed by atoms with van der Waals surface area (Å²) in [6.07, 6.45) is -1.51. The highest BCUT2D eigenvalue weighted by Crippen LogP contribution is 2.71. The Morgan fingerprint density at radius 3 is 2.55 bits per heavy atom. The van der Waals surface area contributed by atoms with Crippen LogP contribution in [0.4, 0.5) is 0 Å². The maximum Gasteiger partial charge on any atom is 0.274 e. The number of carbonyl (C=O) groups is 1. The Morgan fingerprint density at radius 1 is 1.10 bits per heavy atom. The van der Waals surface area contributed by atoms with Crippen LogP contribution in [0.3, 0.4) is 0 Å². The summed E-state index contributed by atoms with van der Waals surface area (Å²) in [6, 6.07) is 11.4. The molecule has 0 aromatic heterocycles. The lowest BCUT2D eigenvalue weighted by Crippen LogP contribution is -2.69. The van der Waals surface area contributed by atoms with E-state index in [-0.39, 0.29) is 41.4 Å². The minimum atomic E-state index is -2.04. The summed E-state index contributed by atoms with van der Waals surface area (Å²) >= 11 is 0. The number of fused-ring (bicyclic) bond motifs is 8. The van der Waals surface area contributed by atoms with Gasteiger partial charge < -0.3 is 48.1 Å². The molecule has 2 bridgehead atoms. The maximum absolute atomic E-state index is 13.1. The molecule has 11 nitrogen and oxygen atoms in total. The molecule has 0 saturated carbocycles. The number of hydrogen-bond donors (Lipinski definition) is 2. The number of phenols is 1. The molecule has 3 saturated heterocycles. The van der Waals surface area contributed by atoms with Crippen LogP contribution in [0.2, 0.25) is 0 Å². The van der Waals surface area contributed by atoms with E-state index in [0.29, 0.717) is 47.3 Å². The number of ketones is 1. The van der Waals surface area contributed by atoms with Gasteiger partial charge in [0.25, 0.3) is 11.6 Å². The zero-order valence-electron chi connectivity index (χ0n) is 23.3. The molecule has 3 aromatic carbocycles. The van der Waals surface area contributed by atoms with E-state index in [0.717, 1.165) is 5.56 Å². The minimum absolute atomic E-state index is 0.0522. The summed E-state index contributed by atoms with van der Waals surface area (Å²) in [5.74, 6) is -3.17. The summed E-state index contributed by atoms with van der Waals surface area (Å²) in [5, 5.41) is 24.6. The molecule has 2 N–H and O–H groups in total. The Labute approximate surface area is 240 Å². The maximum atomic E-state index is 13.1. The molecule has 0 amide bonds. The van der Waals surface area contributed by atoms with E-state index < -0.39 is 35.7 Å². The fourth-order valence-electron chi connectivity index (χ4n) is 7.34. The number of rotatable bonds is 7. The molecule has 0 unspecified atom stereocenters. The van der Waals surface area contributed by atoms with Crippen molar-refractivity contribution in [2.45, 2.75) is 61.5 Å². The number of ether oxygens (including phenoxy) is 8. The van der Waals surface area contributed by atoms with Gasteiger partial charge in [-0.3, -0.25) is 4.79 Å². The van der Waals surface area contributed by atoms with Crippen LogP contribution in [0.5, 0.6) is 23.0 Å². The quantitative estimate of drug-likeness (QED) is 0.316. The topological polar surface area (TPSA) is 135 Å². The van der Waals surface area contributed by atoms with Crippen LogP contribution < -0.4 is 14.2 Å². The Hall–Kier alpha value is -3.45. The van der Waals surface area contributed by atoms with E-state index in [9.17, 15) is 15.0 Å². The van der Waals surface area contributed by atoms with E-state index in [1.54, 1.807) is 6.07 Å². The molecule has 3 fully saturated rings. The monoisotopic (exact) mass is 578 g/mol. The van der Waals surface area contributed by atoms with Crippen molar-refractivity contribution in [2.75, 3.05) is 27.9 Å². The van der Waals surface area contributed by atoms with Gasteiger partial charge in [0.15, 0.2) is 11.9 Å². The number of carbonyl (C=O) groups excluding carboxylic acids is 1. The summed E-state index contributed by atoms with van der Waals surface area (Å²) < 4.78 is 48.7. The minimum Gasteiger partial charge on any atom is -0.506 e. The molecule has 220 valence electrons.